The van der Waals surface area contributed by atoms with Crippen molar-refractivity contribution in [2.75, 3.05) is 18.1 Å². The molecular formula is C17H17N3O5. The number of esters is 1. The second-order valence-corrected chi connectivity index (χ2v) is 5.56. The van der Waals surface area contributed by atoms with Gasteiger partial charge in [0.15, 0.2) is 0 Å². The van der Waals surface area contributed by atoms with Gasteiger partial charge in [-0.3, -0.25) is 19.1 Å². The summed E-state index contributed by atoms with van der Waals surface area (Å²) < 4.78 is 5.98. The van der Waals surface area contributed by atoms with E-state index >= 15 is 0 Å². The summed E-state index contributed by atoms with van der Waals surface area (Å²) in [5, 5.41) is 0. The first-order valence-electron chi connectivity index (χ1n) is 7.95. The van der Waals surface area contributed by atoms with Crippen LogP contribution in [0.5, 0.6) is 0 Å². The number of hydrogen-bond donors (Lipinski definition) is 1. The molecule has 1 aliphatic heterocycles. The standard InChI is InChI=1S/C17H17N3O5/c1-2-25-16(23)13-10-20(17(24)18-15(13)22)12-7-5-11(6-8-12)19-9-3-4-14(19)21/h5-8,10H,2-4,9H2,1H3,(H,18,22,24). The quantitative estimate of drug-likeness (QED) is 0.829. The maximum absolute atomic E-state index is 12.1. The van der Waals surface area contributed by atoms with Gasteiger partial charge in [-0.15, -0.1) is 0 Å². The van der Waals surface area contributed by atoms with E-state index in [0.29, 0.717) is 18.7 Å². The number of rotatable bonds is 4. The fourth-order valence-corrected chi connectivity index (χ4v) is 2.73. The number of anilines is 1. The third-order valence-corrected chi connectivity index (χ3v) is 3.95. The number of nitrogens with one attached hydrogen (secondary N) is 1. The Morgan fingerprint density at radius 3 is 2.44 bits per heavy atom. The number of ether oxygens (including phenoxy) is 1. The monoisotopic (exact) mass is 343 g/mol. The second-order valence-electron chi connectivity index (χ2n) is 5.56. The van der Waals surface area contributed by atoms with Gasteiger partial charge in [0.2, 0.25) is 5.91 Å². The molecule has 0 saturated carbocycles. The van der Waals surface area contributed by atoms with E-state index in [2.05, 4.69) is 4.98 Å². The van der Waals surface area contributed by atoms with Crippen molar-refractivity contribution in [3.63, 3.8) is 0 Å². The van der Waals surface area contributed by atoms with E-state index < -0.39 is 17.2 Å². The minimum absolute atomic E-state index is 0.0681. The van der Waals surface area contributed by atoms with Gasteiger partial charge in [0, 0.05) is 24.8 Å². The van der Waals surface area contributed by atoms with E-state index in [-0.39, 0.29) is 18.1 Å². The Kier molecular flexibility index (Phi) is 4.51. The summed E-state index contributed by atoms with van der Waals surface area (Å²) >= 11 is 0. The molecule has 0 aliphatic carbocycles. The maximum atomic E-state index is 12.1. The van der Waals surface area contributed by atoms with E-state index in [0.717, 1.165) is 22.9 Å². The van der Waals surface area contributed by atoms with Crippen molar-refractivity contribution in [1.29, 1.82) is 0 Å². The summed E-state index contributed by atoms with van der Waals surface area (Å²) in [6.45, 7) is 2.42. The summed E-state index contributed by atoms with van der Waals surface area (Å²) in [4.78, 5) is 51.2. The smallest absolute Gasteiger partial charge is 0.345 e. The van der Waals surface area contributed by atoms with Crippen molar-refractivity contribution in [2.45, 2.75) is 19.8 Å². The number of nitrogens with zero attached hydrogens (tertiary/aromatic N) is 2. The van der Waals surface area contributed by atoms with Crippen LogP contribution >= 0.6 is 0 Å². The van der Waals surface area contributed by atoms with Crippen molar-refractivity contribution in [3.05, 3.63) is 56.9 Å². The van der Waals surface area contributed by atoms with Gasteiger partial charge in [-0.2, -0.15) is 0 Å². The van der Waals surface area contributed by atoms with Crippen LogP contribution in [0.1, 0.15) is 30.1 Å². The number of aromatic amines is 1. The molecule has 3 rings (SSSR count). The van der Waals surface area contributed by atoms with Gasteiger partial charge in [-0.05, 0) is 37.6 Å². The Bertz CT molecular complexity index is 927. The Hall–Kier alpha value is -3.16. The van der Waals surface area contributed by atoms with E-state index in [9.17, 15) is 19.2 Å². The van der Waals surface area contributed by atoms with Gasteiger partial charge in [-0.25, -0.2) is 9.59 Å². The molecule has 1 saturated heterocycles. The van der Waals surface area contributed by atoms with Gasteiger partial charge in [0.1, 0.15) is 5.56 Å². The molecule has 8 heteroatoms. The minimum atomic E-state index is -0.795. The number of benzene rings is 1. The van der Waals surface area contributed by atoms with Crippen LogP contribution in [0.3, 0.4) is 0 Å². The first kappa shape index (κ1) is 16.7. The summed E-state index contributed by atoms with van der Waals surface area (Å²) in [5.41, 5.74) is -0.501. The van der Waals surface area contributed by atoms with Crippen molar-refractivity contribution in [2.24, 2.45) is 0 Å². The van der Waals surface area contributed by atoms with Crippen molar-refractivity contribution < 1.29 is 14.3 Å². The molecule has 1 N–H and O–H groups in total. The molecule has 130 valence electrons. The van der Waals surface area contributed by atoms with Crippen LogP contribution < -0.4 is 16.1 Å². The van der Waals surface area contributed by atoms with E-state index in [1.165, 1.54) is 0 Å². The lowest BCUT2D eigenvalue weighted by Crippen LogP contribution is -2.33. The van der Waals surface area contributed by atoms with Gasteiger partial charge in [-0.1, -0.05) is 0 Å². The molecule has 0 unspecified atom stereocenters. The number of H-pyrrole nitrogens is 1. The first-order valence-corrected chi connectivity index (χ1v) is 7.95. The highest BCUT2D eigenvalue weighted by molar-refractivity contribution is 5.95. The zero-order chi connectivity index (χ0) is 18.0. The lowest BCUT2D eigenvalue weighted by Gasteiger charge is -2.16. The van der Waals surface area contributed by atoms with Crippen LogP contribution in [0, 0.1) is 0 Å². The Labute approximate surface area is 142 Å². The predicted octanol–water partition coefficient (Wildman–Crippen LogP) is 0.829. The fraction of sp³-hybridized carbons (Fsp3) is 0.294. The van der Waals surface area contributed by atoms with Crippen molar-refractivity contribution in [1.82, 2.24) is 9.55 Å². The molecule has 25 heavy (non-hydrogen) atoms. The Morgan fingerprint density at radius 2 is 1.84 bits per heavy atom. The van der Waals surface area contributed by atoms with Gasteiger partial charge in [0.25, 0.3) is 5.56 Å². The van der Waals surface area contributed by atoms with E-state index in [1.807, 2.05) is 0 Å². The lowest BCUT2D eigenvalue weighted by atomic mass is 10.2. The average Bonchev–Trinajstić information content (AvgIpc) is 3.01. The second kappa shape index (κ2) is 6.76. The highest BCUT2D eigenvalue weighted by Gasteiger charge is 2.21. The lowest BCUT2D eigenvalue weighted by molar-refractivity contribution is -0.117. The number of aromatic nitrogens is 2. The van der Waals surface area contributed by atoms with Gasteiger partial charge < -0.3 is 9.64 Å². The van der Waals surface area contributed by atoms with E-state index in [1.54, 1.807) is 36.1 Å². The zero-order valence-electron chi connectivity index (χ0n) is 13.7. The predicted molar refractivity (Wildman–Crippen MR) is 90.2 cm³/mol. The normalized spacial score (nSPS) is 14.0. The molecule has 0 radical (unpaired) electrons. The molecule has 2 heterocycles. The Morgan fingerprint density at radius 1 is 1.16 bits per heavy atom. The third-order valence-electron chi connectivity index (χ3n) is 3.95. The number of carbonyl (C=O) groups is 2. The highest BCUT2D eigenvalue weighted by Crippen LogP contribution is 2.22. The van der Waals surface area contributed by atoms with Crippen LogP contribution in [0.15, 0.2) is 40.1 Å². The summed E-state index contributed by atoms with van der Waals surface area (Å²) in [7, 11) is 0. The van der Waals surface area contributed by atoms with Gasteiger partial charge in [0.05, 0.1) is 12.3 Å². The molecule has 0 spiro atoms. The topological polar surface area (TPSA) is 101 Å². The van der Waals surface area contributed by atoms with Crippen molar-refractivity contribution in [3.8, 4) is 5.69 Å². The largest absolute Gasteiger partial charge is 0.462 e. The number of hydrogen-bond acceptors (Lipinski definition) is 5. The maximum Gasteiger partial charge on any atom is 0.345 e. The summed E-state index contributed by atoms with van der Waals surface area (Å²) in [5.74, 6) is -0.727. The fourth-order valence-electron chi connectivity index (χ4n) is 2.73. The molecule has 1 aliphatic rings. The van der Waals surface area contributed by atoms with Crippen LogP contribution in [0.2, 0.25) is 0 Å². The van der Waals surface area contributed by atoms with Crippen LogP contribution in [-0.2, 0) is 9.53 Å². The molecule has 1 fully saturated rings. The molecule has 1 amide bonds. The Balaban J connectivity index is 1.97. The molecule has 8 nitrogen and oxygen atoms in total. The number of amides is 1. The summed E-state index contributed by atoms with van der Waals surface area (Å²) in [6.07, 6.45) is 2.52. The molecule has 0 atom stereocenters. The number of carbonyl (C=O) groups excluding carboxylic acids is 2. The van der Waals surface area contributed by atoms with Crippen LogP contribution in [-0.4, -0.2) is 34.6 Å². The SMILES string of the molecule is CCOC(=O)c1cn(-c2ccc(N3CCCC3=O)cc2)c(=O)[nH]c1=O. The van der Waals surface area contributed by atoms with Crippen LogP contribution in [0.4, 0.5) is 5.69 Å². The minimum Gasteiger partial charge on any atom is -0.462 e. The first-order chi connectivity index (χ1) is 12.0. The summed E-state index contributed by atoms with van der Waals surface area (Å²) in [6, 6.07) is 6.74. The molecule has 1 aromatic carbocycles. The zero-order valence-corrected chi connectivity index (χ0v) is 13.7. The average molecular weight is 343 g/mol. The molecule has 2 aromatic rings. The molecule has 1 aromatic heterocycles. The third kappa shape index (κ3) is 3.23. The van der Waals surface area contributed by atoms with Crippen molar-refractivity contribution >= 4 is 17.6 Å². The molecule has 0 bridgehead atoms. The highest BCUT2D eigenvalue weighted by atomic mass is 16.5. The van der Waals surface area contributed by atoms with Crippen LogP contribution in [0.25, 0.3) is 5.69 Å². The molecular weight excluding hydrogens is 326 g/mol. The van der Waals surface area contributed by atoms with Gasteiger partial charge >= 0.3 is 11.7 Å². The van der Waals surface area contributed by atoms with E-state index in [4.69, 9.17) is 4.74 Å².